The maximum absolute atomic E-state index is 13.2. The quantitative estimate of drug-likeness (QED) is 0.637. The number of carbonyl (C=O) groups is 2. The first-order chi connectivity index (χ1) is 16.1. The minimum atomic E-state index is -0.390. The third kappa shape index (κ3) is 5.08. The van der Waals surface area contributed by atoms with Crippen molar-refractivity contribution in [1.29, 1.82) is 0 Å². The number of rotatable bonds is 4. The molecule has 178 valence electrons. The lowest BCUT2D eigenvalue weighted by atomic mass is 10.1. The van der Waals surface area contributed by atoms with Gasteiger partial charge in [0.25, 0.3) is 11.8 Å². The van der Waals surface area contributed by atoms with Crippen LogP contribution in [0.3, 0.4) is 0 Å². The van der Waals surface area contributed by atoms with Crippen LogP contribution in [0.25, 0.3) is 0 Å². The molecule has 1 saturated heterocycles. The van der Waals surface area contributed by atoms with Crippen LogP contribution in [0.15, 0.2) is 48.7 Å². The van der Waals surface area contributed by atoms with Crippen LogP contribution in [-0.2, 0) is 5.54 Å². The summed E-state index contributed by atoms with van der Waals surface area (Å²) in [7, 11) is 0. The van der Waals surface area contributed by atoms with Crippen molar-refractivity contribution in [2.24, 2.45) is 0 Å². The van der Waals surface area contributed by atoms with E-state index in [-0.39, 0.29) is 23.2 Å². The van der Waals surface area contributed by atoms with Crippen molar-refractivity contribution in [1.82, 2.24) is 19.7 Å². The fourth-order valence-electron chi connectivity index (χ4n) is 3.92. The van der Waals surface area contributed by atoms with Crippen LogP contribution in [0.1, 0.15) is 47.3 Å². The van der Waals surface area contributed by atoms with Gasteiger partial charge < -0.3 is 15.1 Å². The smallest absolute Gasteiger partial charge is 0.272 e. The van der Waals surface area contributed by atoms with Crippen LogP contribution in [0.2, 0.25) is 0 Å². The number of piperazine rings is 1. The van der Waals surface area contributed by atoms with E-state index in [0.717, 1.165) is 11.5 Å². The van der Waals surface area contributed by atoms with Crippen LogP contribution < -0.4 is 10.2 Å². The fourth-order valence-corrected chi connectivity index (χ4v) is 3.92. The molecule has 1 aliphatic heterocycles. The van der Waals surface area contributed by atoms with Crippen LogP contribution in [-0.4, -0.2) is 57.7 Å². The number of nitrogens with one attached hydrogen (secondary N) is 1. The summed E-state index contributed by atoms with van der Waals surface area (Å²) in [5.74, 6) is 0.0511. The van der Waals surface area contributed by atoms with Gasteiger partial charge in [0.2, 0.25) is 0 Å². The zero-order valence-electron chi connectivity index (χ0n) is 19.9. The summed E-state index contributed by atoms with van der Waals surface area (Å²) in [6, 6.07) is 10.8. The normalized spacial score (nSPS) is 14.3. The van der Waals surface area contributed by atoms with Crippen molar-refractivity contribution in [3.05, 3.63) is 71.4 Å². The summed E-state index contributed by atoms with van der Waals surface area (Å²) >= 11 is 0. The summed E-state index contributed by atoms with van der Waals surface area (Å²) in [6.07, 6.45) is 1.60. The van der Waals surface area contributed by atoms with Gasteiger partial charge in [-0.1, -0.05) is 0 Å². The lowest BCUT2D eigenvalue weighted by Gasteiger charge is -2.36. The van der Waals surface area contributed by atoms with E-state index in [1.54, 1.807) is 16.9 Å². The van der Waals surface area contributed by atoms with Gasteiger partial charge in [-0.15, -0.1) is 0 Å². The second-order valence-electron chi connectivity index (χ2n) is 9.40. The summed E-state index contributed by atoms with van der Waals surface area (Å²) in [4.78, 5) is 33.9. The molecule has 4 rings (SSSR count). The first kappa shape index (κ1) is 23.4. The first-order valence-electron chi connectivity index (χ1n) is 11.3. The van der Waals surface area contributed by atoms with Crippen LogP contribution in [0, 0.1) is 12.7 Å². The molecule has 0 saturated carbocycles. The molecule has 1 aliphatic rings. The summed E-state index contributed by atoms with van der Waals surface area (Å²) in [6.45, 7) is 10.5. The molecule has 0 aliphatic carbocycles. The highest BCUT2D eigenvalue weighted by Gasteiger charge is 2.28. The van der Waals surface area contributed by atoms with Gasteiger partial charge in [0.05, 0.1) is 23.1 Å². The van der Waals surface area contributed by atoms with E-state index in [0.29, 0.717) is 43.1 Å². The Morgan fingerprint density at radius 2 is 1.68 bits per heavy atom. The number of anilines is 2. The zero-order chi connectivity index (χ0) is 24.5. The molecule has 0 spiro atoms. The Kier molecular flexibility index (Phi) is 6.37. The Balaban J connectivity index is 1.36. The van der Waals surface area contributed by atoms with Crippen molar-refractivity contribution in [2.75, 3.05) is 36.4 Å². The summed E-state index contributed by atoms with van der Waals surface area (Å²) < 4.78 is 14.8. The number of carbonyl (C=O) groups excluding carboxylic acids is 2. The lowest BCUT2D eigenvalue weighted by molar-refractivity contribution is 0.0725. The third-order valence-corrected chi connectivity index (χ3v) is 5.69. The number of pyridine rings is 1. The molecule has 0 atom stereocenters. The Bertz CT molecular complexity index is 1170. The Morgan fingerprint density at radius 3 is 2.26 bits per heavy atom. The molecule has 9 heteroatoms. The first-order valence-corrected chi connectivity index (χ1v) is 11.3. The minimum absolute atomic E-state index is 0.0120. The van der Waals surface area contributed by atoms with Crippen molar-refractivity contribution in [2.45, 2.75) is 33.2 Å². The number of benzene rings is 1. The average molecular weight is 465 g/mol. The topological polar surface area (TPSA) is 83.4 Å². The van der Waals surface area contributed by atoms with E-state index in [2.05, 4.69) is 20.3 Å². The number of aromatic nitrogens is 3. The van der Waals surface area contributed by atoms with Crippen LogP contribution in [0.5, 0.6) is 0 Å². The van der Waals surface area contributed by atoms with E-state index in [1.165, 1.54) is 24.3 Å². The minimum Gasteiger partial charge on any atom is -0.353 e. The highest BCUT2D eigenvalue weighted by molar-refractivity contribution is 6.04. The highest BCUT2D eigenvalue weighted by atomic mass is 19.1. The molecular formula is C25H29FN6O2. The largest absolute Gasteiger partial charge is 0.353 e. The molecule has 0 bridgehead atoms. The molecule has 34 heavy (non-hydrogen) atoms. The van der Waals surface area contributed by atoms with Gasteiger partial charge in [-0.2, -0.15) is 5.10 Å². The lowest BCUT2D eigenvalue weighted by Crippen LogP contribution is -2.49. The van der Waals surface area contributed by atoms with Gasteiger partial charge in [-0.05, 0) is 70.2 Å². The highest BCUT2D eigenvalue weighted by Crippen LogP contribution is 2.21. The molecule has 8 nitrogen and oxygen atoms in total. The van der Waals surface area contributed by atoms with E-state index in [9.17, 15) is 14.0 Å². The summed E-state index contributed by atoms with van der Waals surface area (Å²) in [5.41, 5.74) is 2.08. The molecule has 2 amide bonds. The van der Waals surface area contributed by atoms with Crippen molar-refractivity contribution in [3.8, 4) is 0 Å². The van der Waals surface area contributed by atoms with Gasteiger partial charge >= 0.3 is 0 Å². The second-order valence-corrected chi connectivity index (χ2v) is 9.40. The maximum Gasteiger partial charge on any atom is 0.272 e. The Hall–Kier alpha value is -3.75. The predicted molar refractivity (Wildman–Crippen MR) is 129 cm³/mol. The standard InChI is InChI=1S/C25H29FN6O2/c1-17-15-21(32(29-17)25(2,3)4)24(34)31-13-11-30(12-14-31)22-10-9-20(16-27-22)28-23(33)18-5-7-19(26)8-6-18/h5-10,15-16H,11-14H2,1-4H3,(H,28,33). The van der Waals surface area contributed by atoms with Crippen LogP contribution >= 0.6 is 0 Å². The van der Waals surface area contributed by atoms with E-state index in [4.69, 9.17) is 0 Å². The molecule has 2 aromatic heterocycles. The molecule has 1 aromatic carbocycles. The van der Waals surface area contributed by atoms with Gasteiger partial charge in [0.15, 0.2) is 0 Å². The number of amides is 2. The molecule has 0 unspecified atom stereocenters. The van der Waals surface area contributed by atoms with Gasteiger partial charge in [0.1, 0.15) is 17.3 Å². The Morgan fingerprint density at radius 1 is 1.00 bits per heavy atom. The zero-order valence-corrected chi connectivity index (χ0v) is 19.9. The van der Waals surface area contributed by atoms with Crippen molar-refractivity contribution in [3.63, 3.8) is 0 Å². The molecular weight excluding hydrogens is 435 g/mol. The molecule has 3 aromatic rings. The number of hydrogen-bond acceptors (Lipinski definition) is 5. The second kappa shape index (κ2) is 9.24. The average Bonchev–Trinajstić information content (AvgIpc) is 3.22. The van der Waals surface area contributed by atoms with Gasteiger partial charge in [-0.25, -0.2) is 9.37 Å². The molecule has 1 fully saturated rings. The van der Waals surface area contributed by atoms with Gasteiger partial charge in [-0.3, -0.25) is 14.3 Å². The fraction of sp³-hybridized carbons (Fsp3) is 0.360. The third-order valence-electron chi connectivity index (χ3n) is 5.69. The number of nitrogens with zero attached hydrogens (tertiary/aromatic N) is 5. The maximum atomic E-state index is 13.2. The van der Waals surface area contributed by atoms with E-state index < -0.39 is 0 Å². The molecule has 1 N–H and O–H groups in total. The van der Waals surface area contributed by atoms with E-state index >= 15 is 0 Å². The predicted octanol–water partition coefficient (Wildman–Crippen LogP) is 3.70. The van der Waals surface area contributed by atoms with Gasteiger partial charge in [0, 0.05) is 31.7 Å². The number of aryl methyl sites for hydroxylation is 1. The molecule has 0 radical (unpaired) electrons. The number of halogens is 1. The van der Waals surface area contributed by atoms with E-state index in [1.807, 2.05) is 44.7 Å². The molecule has 3 heterocycles. The number of hydrogen-bond donors (Lipinski definition) is 1. The Labute approximate surface area is 198 Å². The monoisotopic (exact) mass is 464 g/mol. The SMILES string of the molecule is Cc1cc(C(=O)N2CCN(c3ccc(NC(=O)c4ccc(F)cc4)cn3)CC2)n(C(C)(C)C)n1. The van der Waals surface area contributed by atoms with Crippen molar-refractivity contribution >= 4 is 23.3 Å². The summed E-state index contributed by atoms with van der Waals surface area (Å²) in [5, 5.41) is 7.28. The van der Waals surface area contributed by atoms with Crippen LogP contribution in [0.4, 0.5) is 15.9 Å². The van der Waals surface area contributed by atoms with Crippen molar-refractivity contribution < 1.29 is 14.0 Å².